The molecular weight excluding hydrogens is 447 g/mol. The third-order valence-electron chi connectivity index (χ3n) is 3.97. The molecule has 11 heteroatoms. The Labute approximate surface area is 180 Å². The Bertz CT molecular complexity index is 909. The number of nitrogens with zero attached hydrogens (tertiary/aromatic N) is 1. The predicted octanol–water partition coefficient (Wildman–Crippen LogP) is 5.43. The van der Waals surface area contributed by atoms with Gasteiger partial charge in [-0.2, -0.15) is 22.0 Å². The van der Waals surface area contributed by atoms with Crippen molar-refractivity contribution in [1.82, 2.24) is 4.90 Å². The second kappa shape index (κ2) is 10.6. The minimum atomic E-state index is -4.68. The zero-order valence-electron chi connectivity index (χ0n) is 16.6. The fourth-order valence-electron chi connectivity index (χ4n) is 2.79. The van der Waals surface area contributed by atoms with E-state index in [9.17, 15) is 26.7 Å². The molecule has 0 saturated carbocycles. The number of hydrogen-bond donors (Lipinski definition) is 1. The van der Waals surface area contributed by atoms with Gasteiger partial charge in [0.2, 0.25) is 5.91 Å². The molecule has 0 aliphatic carbocycles. The summed E-state index contributed by atoms with van der Waals surface area (Å²) < 4.78 is 74.1. The predicted molar refractivity (Wildman–Crippen MR) is 106 cm³/mol. The summed E-state index contributed by atoms with van der Waals surface area (Å²) in [6.07, 6.45) is -4.68. The molecule has 0 heterocycles. The van der Waals surface area contributed by atoms with Gasteiger partial charge in [-0.25, -0.2) is 0 Å². The van der Waals surface area contributed by atoms with E-state index in [0.29, 0.717) is 5.56 Å². The van der Waals surface area contributed by atoms with Crippen LogP contribution in [0, 0.1) is 0 Å². The highest BCUT2D eigenvalue weighted by atomic mass is 35.5. The van der Waals surface area contributed by atoms with Crippen LogP contribution < -0.4 is 14.8 Å². The van der Waals surface area contributed by atoms with Crippen molar-refractivity contribution in [3.8, 4) is 11.5 Å². The maximum absolute atomic E-state index is 13.2. The van der Waals surface area contributed by atoms with Gasteiger partial charge in [-0.1, -0.05) is 23.7 Å². The zero-order valence-corrected chi connectivity index (χ0v) is 17.4. The number of anilines is 1. The number of carbonyl (C=O) groups excluding carboxylic acids is 1. The van der Waals surface area contributed by atoms with E-state index in [0.717, 1.165) is 12.1 Å². The lowest BCUT2D eigenvalue weighted by atomic mass is 10.1. The molecule has 2 rings (SSSR count). The molecule has 0 saturated heterocycles. The molecule has 0 fully saturated rings. The molecule has 170 valence electrons. The Kier molecular flexibility index (Phi) is 8.46. The smallest absolute Gasteiger partial charge is 0.418 e. The van der Waals surface area contributed by atoms with Crippen LogP contribution in [0.3, 0.4) is 0 Å². The number of rotatable bonds is 9. The van der Waals surface area contributed by atoms with Gasteiger partial charge in [0.1, 0.15) is 0 Å². The summed E-state index contributed by atoms with van der Waals surface area (Å²) in [4.78, 5) is 13.8. The maximum atomic E-state index is 13.2. The van der Waals surface area contributed by atoms with Crippen LogP contribution in [0.5, 0.6) is 11.5 Å². The number of carbonyl (C=O) groups is 1. The first-order valence-electron chi connectivity index (χ1n) is 9.06. The normalized spacial score (nSPS) is 11.7. The average Bonchev–Trinajstić information content (AvgIpc) is 2.64. The third kappa shape index (κ3) is 7.25. The first kappa shape index (κ1) is 24.7. The summed E-state index contributed by atoms with van der Waals surface area (Å²) in [5.74, 6) is -0.716. The SMILES string of the molecule is CCOc1cc(CN(C)CC(=O)Nc2c(Cl)cccc2C(F)(F)F)ccc1OC(F)F. The first-order chi connectivity index (χ1) is 14.5. The molecule has 0 unspecified atom stereocenters. The Morgan fingerprint density at radius 3 is 2.52 bits per heavy atom. The minimum absolute atomic E-state index is 0.115. The standard InChI is InChI=1S/C20H20ClF5N2O3/c1-3-30-16-9-12(7-8-15(16)31-19(22)23)10-28(2)11-17(29)27-18-13(20(24,25)26)5-4-6-14(18)21/h4-9,19H,3,10-11H2,1-2H3,(H,27,29). The molecule has 0 aliphatic rings. The topological polar surface area (TPSA) is 50.8 Å². The quantitative estimate of drug-likeness (QED) is 0.501. The summed E-state index contributed by atoms with van der Waals surface area (Å²) in [5, 5.41) is 1.97. The zero-order chi connectivity index (χ0) is 23.2. The summed E-state index contributed by atoms with van der Waals surface area (Å²) in [6.45, 7) is -1.17. The molecular formula is C20H20ClF5N2O3. The molecule has 0 atom stereocenters. The minimum Gasteiger partial charge on any atom is -0.490 e. The van der Waals surface area contributed by atoms with E-state index in [1.54, 1.807) is 14.0 Å². The summed E-state index contributed by atoms with van der Waals surface area (Å²) in [6, 6.07) is 7.54. The van der Waals surface area contributed by atoms with Crippen LogP contribution in [0.15, 0.2) is 36.4 Å². The summed E-state index contributed by atoms with van der Waals surface area (Å²) in [7, 11) is 1.57. The summed E-state index contributed by atoms with van der Waals surface area (Å²) in [5.41, 5.74) is -0.941. The Hall–Kier alpha value is -2.59. The second-order valence-electron chi connectivity index (χ2n) is 6.47. The number of alkyl halides is 5. The van der Waals surface area contributed by atoms with Crippen molar-refractivity contribution in [3.63, 3.8) is 0 Å². The molecule has 0 aromatic heterocycles. The highest BCUT2D eigenvalue weighted by Crippen LogP contribution is 2.38. The lowest BCUT2D eigenvalue weighted by molar-refractivity contribution is -0.137. The summed E-state index contributed by atoms with van der Waals surface area (Å²) >= 11 is 5.84. The van der Waals surface area contributed by atoms with Crippen LogP contribution in [-0.2, 0) is 17.5 Å². The van der Waals surface area contributed by atoms with Crippen LogP contribution in [0.2, 0.25) is 5.02 Å². The molecule has 1 amide bonds. The largest absolute Gasteiger partial charge is 0.490 e. The third-order valence-corrected chi connectivity index (χ3v) is 4.29. The maximum Gasteiger partial charge on any atom is 0.418 e. The van der Waals surface area contributed by atoms with E-state index in [-0.39, 0.29) is 36.2 Å². The van der Waals surface area contributed by atoms with E-state index < -0.39 is 29.9 Å². The number of nitrogens with one attached hydrogen (secondary N) is 1. The molecule has 0 radical (unpaired) electrons. The fourth-order valence-corrected chi connectivity index (χ4v) is 3.01. The van der Waals surface area contributed by atoms with Crippen LogP contribution in [0.25, 0.3) is 0 Å². The Morgan fingerprint density at radius 1 is 1.19 bits per heavy atom. The molecule has 1 N–H and O–H groups in total. The lowest BCUT2D eigenvalue weighted by Crippen LogP contribution is -2.30. The Morgan fingerprint density at radius 2 is 1.90 bits per heavy atom. The fraction of sp³-hybridized carbons (Fsp3) is 0.350. The van der Waals surface area contributed by atoms with E-state index in [1.807, 2.05) is 0 Å². The van der Waals surface area contributed by atoms with Crippen LogP contribution in [-0.4, -0.2) is 37.6 Å². The van der Waals surface area contributed by atoms with Gasteiger partial charge in [-0.15, -0.1) is 0 Å². The molecule has 31 heavy (non-hydrogen) atoms. The van der Waals surface area contributed by atoms with Crippen LogP contribution >= 0.6 is 11.6 Å². The van der Waals surface area contributed by atoms with E-state index in [4.69, 9.17) is 16.3 Å². The van der Waals surface area contributed by atoms with Gasteiger partial charge in [0.25, 0.3) is 0 Å². The highest BCUT2D eigenvalue weighted by molar-refractivity contribution is 6.34. The van der Waals surface area contributed by atoms with Gasteiger partial charge in [0, 0.05) is 6.54 Å². The van der Waals surface area contributed by atoms with Crippen molar-refractivity contribution in [2.24, 2.45) is 0 Å². The van der Waals surface area contributed by atoms with Crippen molar-refractivity contribution < 1.29 is 36.2 Å². The number of para-hydroxylation sites is 1. The number of benzene rings is 2. The van der Waals surface area contributed by atoms with Gasteiger partial charge < -0.3 is 14.8 Å². The molecule has 5 nitrogen and oxygen atoms in total. The van der Waals surface area contributed by atoms with Gasteiger partial charge in [0.05, 0.1) is 29.4 Å². The van der Waals surface area contributed by atoms with Gasteiger partial charge >= 0.3 is 12.8 Å². The van der Waals surface area contributed by atoms with E-state index >= 15 is 0 Å². The first-order valence-corrected chi connectivity index (χ1v) is 9.43. The second-order valence-corrected chi connectivity index (χ2v) is 6.88. The van der Waals surface area contributed by atoms with Crippen molar-refractivity contribution in [1.29, 1.82) is 0 Å². The molecule has 0 spiro atoms. The van der Waals surface area contributed by atoms with Crippen LogP contribution in [0.1, 0.15) is 18.1 Å². The number of hydrogen-bond acceptors (Lipinski definition) is 4. The van der Waals surface area contributed by atoms with E-state index in [1.165, 1.54) is 29.2 Å². The van der Waals surface area contributed by atoms with Crippen molar-refractivity contribution in [3.05, 3.63) is 52.5 Å². The molecule has 0 bridgehead atoms. The van der Waals surface area contributed by atoms with Crippen molar-refractivity contribution in [2.75, 3.05) is 25.5 Å². The average molecular weight is 467 g/mol. The van der Waals surface area contributed by atoms with Crippen molar-refractivity contribution in [2.45, 2.75) is 26.3 Å². The van der Waals surface area contributed by atoms with Crippen LogP contribution in [0.4, 0.5) is 27.6 Å². The number of likely N-dealkylation sites (N-methyl/N-ethyl adjacent to an activating group) is 1. The van der Waals surface area contributed by atoms with Crippen molar-refractivity contribution >= 4 is 23.2 Å². The number of halogens is 6. The van der Waals surface area contributed by atoms with Gasteiger partial charge in [-0.3, -0.25) is 9.69 Å². The highest BCUT2D eigenvalue weighted by Gasteiger charge is 2.34. The molecule has 0 aliphatic heterocycles. The lowest BCUT2D eigenvalue weighted by Gasteiger charge is -2.19. The monoisotopic (exact) mass is 466 g/mol. The van der Waals surface area contributed by atoms with Gasteiger partial charge in [-0.05, 0) is 43.8 Å². The number of ether oxygens (including phenoxy) is 2. The van der Waals surface area contributed by atoms with Gasteiger partial charge in [0.15, 0.2) is 11.5 Å². The molecule has 2 aromatic rings. The number of amides is 1. The Balaban J connectivity index is 2.07. The molecule has 2 aromatic carbocycles. The van der Waals surface area contributed by atoms with E-state index in [2.05, 4.69) is 10.1 Å².